The van der Waals surface area contributed by atoms with Crippen molar-refractivity contribution in [2.45, 2.75) is 32.6 Å². The first-order chi connectivity index (χ1) is 6.13. The third-order valence-electron chi connectivity index (χ3n) is 2.11. The molecule has 0 aromatic heterocycles. The van der Waals surface area contributed by atoms with Gasteiger partial charge in [-0.25, -0.2) is 0 Å². The molecule has 0 aliphatic rings. The minimum absolute atomic E-state index is 0.205. The van der Waals surface area contributed by atoms with E-state index in [1.165, 1.54) is 0 Å². The second-order valence-corrected chi connectivity index (χ2v) is 3.12. The van der Waals surface area contributed by atoms with Crippen LogP contribution in [0.3, 0.4) is 0 Å². The van der Waals surface area contributed by atoms with Crippen LogP contribution in [0.1, 0.15) is 32.6 Å². The van der Waals surface area contributed by atoms with Crippen LogP contribution in [0, 0.1) is 5.92 Å². The molecule has 4 heteroatoms. The molecule has 1 atom stereocenters. The lowest BCUT2D eigenvalue weighted by atomic mass is 9.94. The summed E-state index contributed by atoms with van der Waals surface area (Å²) in [5.74, 6) is -1.47. The fourth-order valence-corrected chi connectivity index (χ4v) is 1.26. The number of nitrogens with two attached hydrogens (primary N) is 2. The van der Waals surface area contributed by atoms with Gasteiger partial charge in [-0.05, 0) is 25.8 Å². The maximum absolute atomic E-state index is 11.2. The molecular formula is C9H18N2O2. The summed E-state index contributed by atoms with van der Waals surface area (Å²) in [6, 6.07) is 0. The van der Waals surface area contributed by atoms with Gasteiger partial charge in [0.25, 0.3) is 5.91 Å². The van der Waals surface area contributed by atoms with Gasteiger partial charge in [0.15, 0.2) is 0 Å². The molecule has 0 aromatic carbocycles. The molecule has 4 nitrogen and oxygen atoms in total. The van der Waals surface area contributed by atoms with Gasteiger partial charge in [0.1, 0.15) is 0 Å². The second-order valence-electron chi connectivity index (χ2n) is 3.12. The average Bonchev–Trinajstić information content (AvgIpc) is 2.11. The molecule has 0 saturated heterocycles. The molecular weight excluding hydrogens is 168 g/mol. The quantitative estimate of drug-likeness (QED) is 0.439. The van der Waals surface area contributed by atoms with Crippen LogP contribution in [0.5, 0.6) is 0 Å². The number of hydrogen-bond donors (Lipinski definition) is 2. The summed E-state index contributed by atoms with van der Waals surface area (Å²) < 4.78 is 0. The molecule has 0 radical (unpaired) electrons. The molecule has 0 bridgehead atoms. The molecule has 13 heavy (non-hydrogen) atoms. The number of rotatable bonds is 7. The Labute approximate surface area is 78.7 Å². The molecule has 0 aromatic rings. The normalized spacial score (nSPS) is 12.5. The van der Waals surface area contributed by atoms with Crippen molar-refractivity contribution in [3.8, 4) is 0 Å². The fraction of sp³-hybridized carbons (Fsp3) is 0.778. The summed E-state index contributed by atoms with van der Waals surface area (Å²) in [6.45, 7) is 2.51. The molecule has 4 N–H and O–H groups in total. The summed E-state index contributed by atoms with van der Waals surface area (Å²) in [5, 5.41) is 0. The molecule has 1 unspecified atom stereocenters. The minimum atomic E-state index is -0.820. The number of unbranched alkanes of at least 4 members (excludes halogenated alkanes) is 1. The molecule has 0 rings (SSSR count). The molecule has 0 aliphatic heterocycles. The number of carbonyl (C=O) groups is 2. The van der Waals surface area contributed by atoms with Crippen LogP contribution >= 0.6 is 0 Å². The Morgan fingerprint density at radius 1 is 1.31 bits per heavy atom. The first kappa shape index (κ1) is 12.1. The highest BCUT2D eigenvalue weighted by atomic mass is 16.2. The summed E-state index contributed by atoms with van der Waals surface area (Å²) in [7, 11) is 0. The Balaban J connectivity index is 3.88. The molecule has 1 amide bonds. The van der Waals surface area contributed by atoms with E-state index in [9.17, 15) is 9.59 Å². The highest BCUT2D eigenvalue weighted by Crippen LogP contribution is 2.13. The van der Waals surface area contributed by atoms with E-state index >= 15 is 0 Å². The Morgan fingerprint density at radius 3 is 2.31 bits per heavy atom. The molecule has 0 spiro atoms. The van der Waals surface area contributed by atoms with Crippen molar-refractivity contribution in [1.82, 2.24) is 0 Å². The predicted molar refractivity (Wildman–Crippen MR) is 50.9 cm³/mol. The zero-order valence-electron chi connectivity index (χ0n) is 8.08. The smallest absolute Gasteiger partial charge is 0.285 e. The maximum Gasteiger partial charge on any atom is 0.285 e. The van der Waals surface area contributed by atoms with E-state index in [2.05, 4.69) is 0 Å². The van der Waals surface area contributed by atoms with Crippen molar-refractivity contribution >= 4 is 11.7 Å². The first-order valence-corrected chi connectivity index (χ1v) is 4.67. The third-order valence-corrected chi connectivity index (χ3v) is 2.11. The van der Waals surface area contributed by atoms with Crippen molar-refractivity contribution in [2.24, 2.45) is 17.4 Å². The largest absolute Gasteiger partial charge is 0.363 e. The van der Waals surface area contributed by atoms with Gasteiger partial charge in [0.05, 0.1) is 0 Å². The van der Waals surface area contributed by atoms with Crippen LogP contribution in [0.4, 0.5) is 0 Å². The summed E-state index contributed by atoms with van der Waals surface area (Å²) in [4.78, 5) is 21.7. The van der Waals surface area contributed by atoms with E-state index in [0.29, 0.717) is 13.0 Å². The lowest BCUT2D eigenvalue weighted by molar-refractivity contribution is -0.138. The van der Waals surface area contributed by atoms with Gasteiger partial charge < -0.3 is 11.5 Å². The maximum atomic E-state index is 11.2. The Bertz CT molecular complexity index is 180. The number of ketones is 1. The van der Waals surface area contributed by atoms with Gasteiger partial charge in [-0.2, -0.15) is 0 Å². The van der Waals surface area contributed by atoms with Crippen LogP contribution in [-0.4, -0.2) is 18.2 Å². The SMILES string of the molecule is CCC(CCCCN)C(=O)C(N)=O. The monoisotopic (exact) mass is 186 g/mol. The molecule has 0 saturated carbocycles. The standard InChI is InChI=1S/C9H18N2O2/c1-2-7(5-3-4-6-10)8(12)9(11)13/h7H,2-6,10H2,1H3,(H2,11,13). The predicted octanol–water partition coefficient (Wildman–Crippen LogP) is 0.196. The zero-order valence-corrected chi connectivity index (χ0v) is 8.08. The van der Waals surface area contributed by atoms with Crippen LogP contribution in [0.2, 0.25) is 0 Å². The third kappa shape index (κ3) is 4.62. The van der Waals surface area contributed by atoms with Crippen LogP contribution in [0.25, 0.3) is 0 Å². The van der Waals surface area contributed by atoms with E-state index in [0.717, 1.165) is 19.3 Å². The van der Waals surface area contributed by atoms with E-state index in [1.807, 2.05) is 6.92 Å². The number of carbonyl (C=O) groups excluding carboxylic acids is 2. The van der Waals surface area contributed by atoms with E-state index in [-0.39, 0.29) is 5.92 Å². The zero-order chi connectivity index (χ0) is 10.3. The van der Waals surface area contributed by atoms with Gasteiger partial charge >= 0.3 is 0 Å². The van der Waals surface area contributed by atoms with E-state index in [1.54, 1.807) is 0 Å². The molecule has 76 valence electrons. The van der Waals surface area contributed by atoms with Gasteiger partial charge in [0, 0.05) is 5.92 Å². The van der Waals surface area contributed by atoms with Gasteiger partial charge in [0.2, 0.25) is 5.78 Å². The Morgan fingerprint density at radius 2 is 1.92 bits per heavy atom. The topological polar surface area (TPSA) is 86.2 Å². The first-order valence-electron chi connectivity index (χ1n) is 4.67. The fourth-order valence-electron chi connectivity index (χ4n) is 1.26. The van der Waals surface area contributed by atoms with Crippen molar-refractivity contribution in [1.29, 1.82) is 0 Å². The van der Waals surface area contributed by atoms with E-state index < -0.39 is 11.7 Å². The molecule has 0 heterocycles. The summed E-state index contributed by atoms with van der Waals surface area (Å²) in [6.07, 6.45) is 3.17. The van der Waals surface area contributed by atoms with Gasteiger partial charge in [-0.3, -0.25) is 9.59 Å². The Kier molecular flexibility index (Phi) is 6.14. The number of primary amides is 1. The highest BCUT2D eigenvalue weighted by molar-refractivity contribution is 6.36. The number of amides is 1. The van der Waals surface area contributed by atoms with E-state index in [4.69, 9.17) is 11.5 Å². The lowest BCUT2D eigenvalue weighted by Gasteiger charge is -2.10. The minimum Gasteiger partial charge on any atom is -0.363 e. The molecule has 0 fully saturated rings. The average molecular weight is 186 g/mol. The van der Waals surface area contributed by atoms with Crippen molar-refractivity contribution < 1.29 is 9.59 Å². The van der Waals surface area contributed by atoms with Gasteiger partial charge in [-0.1, -0.05) is 13.3 Å². The van der Waals surface area contributed by atoms with Crippen LogP contribution in [0.15, 0.2) is 0 Å². The summed E-state index contributed by atoms with van der Waals surface area (Å²) >= 11 is 0. The van der Waals surface area contributed by atoms with Crippen molar-refractivity contribution in [3.63, 3.8) is 0 Å². The number of Topliss-reactive ketones (excluding diaryl/α,β-unsaturated/α-hetero) is 1. The van der Waals surface area contributed by atoms with Crippen LogP contribution in [-0.2, 0) is 9.59 Å². The number of hydrogen-bond acceptors (Lipinski definition) is 3. The van der Waals surface area contributed by atoms with Crippen molar-refractivity contribution in [2.75, 3.05) is 6.54 Å². The highest BCUT2D eigenvalue weighted by Gasteiger charge is 2.20. The lowest BCUT2D eigenvalue weighted by Crippen LogP contribution is -2.29. The second kappa shape index (κ2) is 6.60. The van der Waals surface area contributed by atoms with Crippen LogP contribution < -0.4 is 11.5 Å². The summed E-state index contributed by atoms with van der Waals surface area (Å²) in [5.41, 5.74) is 10.2. The van der Waals surface area contributed by atoms with Crippen molar-refractivity contribution in [3.05, 3.63) is 0 Å². The molecule has 0 aliphatic carbocycles. The van der Waals surface area contributed by atoms with Gasteiger partial charge in [-0.15, -0.1) is 0 Å². The Hall–Kier alpha value is -0.900.